The lowest BCUT2D eigenvalue weighted by molar-refractivity contribution is 0.287. The number of H-pyrrole nitrogens is 1. The topological polar surface area (TPSA) is 92.9 Å². The van der Waals surface area contributed by atoms with Gasteiger partial charge in [0.25, 0.3) is 0 Å². The van der Waals surface area contributed by atoms with E-state index in [0.29, 0.717) is 18.0 Å². The summed E-state index contributed by atoms with van der Waals surface area (Å²) in [5.74, 6) is 1.98. The lowest BCUT2D eigenvalue weighted by atomic mass is 10.0. The molecule has 0 bridgehead atoms. The molecule has 3 rings (SSSR count). The quantitative estimate of drug-likeness (QED) is 0.546. The molecule has 9 heteroatoms. The molecule has 0 spiro atoms. The van der Waals surface area contributed by atoms with E-state index in [0.717, 1.165) is 39.7 Å². The van der Waals surface area contributed by atoms with E-state index in [9.17, 15) is 8.42 Å². The Morgan fingerprint density at radius 3 is 2.17 bits per heavy atom. The lowest BCUT2D eigenvalue weighted by Crippen LogP contribution is -2.38. The Labute approximate surface area is 170 Å². The average molecular weight is 420 g/mol. The zero-order valence-electron chi connectivity index (χ0n) is 17.1. The van der Waals surface area contributed by atoms with Gasteiger partial charge >= 0.3 is 0 Å². The number of nitrogens with one attached hydrogen (secondary N) is 2. The molecule has 0 aliphatic carbocycles. The number of sulfonamides is 1. The molecule has 0 radical (unpaired) electrons. The van der Waals surface area contributed by atoms with Crippen LogP contribution in [0.1, 0.15) is 5.69 Å². The summed E-state index contributed by atoms with van der Waals surface area (Å²) < 4.78 is 39.3. The highest BCUT2D eigenvalue weighted by atomic mass is 32.2. The van der Waals surface area contributed by atoms with Gasteiger partial charge in [-0.2, -0.15) is 0 Å². The molecular weight excluding hydrogens is 394 g/mol. The number of aromatic nitrogens is 1. The fourth-order valence-electron chi connectivity index (χ4n) is 3.34. The van der Waals surface area contributed by atoms with Crippen molar-refractivity contribution in [3.05, 3.63) is 42.1 Å². The number of hydrogen-bond donors (Lipinski definition) is 2. The highest BCUT2D eigenvalue weighted by Gasteiger charge is 2.19. The van der Waals surface area contributed by atoms with E-state index in [1.807, 2.05) is 36.4 Å². The van der Waals surface area contributed by atoms with Crippen LogP contribution in [0, 0.1) is 0 Å². The third kappa shape index (κ3) is 4.64. The van der Waals surface area contributed by atoms with Gasteiger partial charge in [0.2, 0.25) is 10.0 Å². The van der Waals surface area contributed by atoms with Gasteiger partial charge in [0, 0.05) is 29.8 Å². The van der Waals surface area contributed by atoms with Crippen molar-refractivity contribution in [3.63, 3.8) is 0 Å². The van der Waals surface area contributed by atoms with Gasteiger partial charge in [-0.3, -0.25) is 0 Å². The Hall–Kier alpha value is -2.75. The Kier molecular flexibility index (Phi) is 6.02. The van der Waals surface area contributed by atoms with Crippen LogP contribution in [-0.4, -0.2) is 53.0 Å². The standard InChI is InChI=1S/C20H25N3O5S/c1-23(22-29(5,24)25)12-17-20(13-6-8-14(26-2)9-7-13)15-10-18(27-3)19(28-4)11-16(15)21-17/h6-11,21-22H,12H2,1-5H3. The number of benzene rings is 2. The first kappa shape index (κ1) is 21.0. The summed E-state index contributed by atoms with van der Waals surface area (Å²) in [6.45, 7) is 0.327. The van der Waals surface area contributed by atoms with Gasteiger partial charge in [-0.05, 0) is 23.8 Å². The molecule has 8 nitrogen and oxygen atoms in total. The molecule has 29 heavy (non-hydrogen) atoms. The Morgan fingerprint density at radius 1 is 1.00 bits per heavy atom. The third-order valence-electron chi connectivity index (χ3n) is 4.48. The molecule has 0 saturated heterocycles. The maximum Gasteiger partial charge on any atom is 0.221 e. The third-order valence-corrected chi connectivity index (χ3v) is 5.12. The van der Waals surface area contributed by atoms with E-state index in [1.54, 1.807) is 28.4 Å². The van der Waals surface area contributed by atoms with Gasteiger partial charge in [0.15, 0.2) is 11.5 Å². The number of ether oxygens (including phenoxy) is 3. The number of hydrazine groups is 1. The lowest BCUT2D eigenvalue weighted by Gasteiger charge is -2.17. The molecule has 0 aliphatic rings. The summed E-state index contributed by atoms with van der Waals surface area (Å²) in [4.78, 5) is 5.86. The van der Waals surface area contributed by atoms with Gasteiger partial charge in [0.1, 0.15) is 5.75 Å². The minimum atomic E-state index is -3.38. The smallest absolute Gasteiger partial charge is 0.221 e. The van der Waals surface area contributed by atoms with Gasteiger partial charge < -0.3 is 19.2 Å². The largest absolute Gasteiger partial charge is 0.497 e. The van der Waals surface area contributed by atoms with Crippen molar-refractivity contribution in [2.24, 2.45) is 0 Å². The molecule has 0 saturated carbocycles. The summed E-state index contributed by atoms with van der Waals surface area (Å²) in [5.41, 5.74) is 3.62. The van der Waals surface area contributed by atoms with Crippen LogP contribution in [0.25, 0.3) is 22.0 Å². The molecule has 0 aliphatic heterocycles. The highest BCUT2D eigenvalue weighted by Crippen LogP contribution is 2.39. The highest BCUT2D eigenvalue weighted by molar-refractivity contribution is 7.88. The first-order valence-corrected chi connectivity index (χ1v) is 10.7. The number of rotatable bonds is 8. The zero-order chi connectivity index (χ0) is 21.2. The molecule has 1 heterocycles. The molecule has 0 amide bonds. The van der Waals surface area contributed by atoms with Crippen LogP contribution in [0.3, 0.4) is 0 Å². The Balaban J connectivity index is 2.16. The van der Waals surface area contributed by atoms with Crippen LogP contribution in [0.4, 0.5) is 0 Å². The Bertz CT molecular complexity index is 1110. The number of methoxy groups -OCH3 is 3. The second kappa shape index (κ2) is 8.32. The SMILES string of the molecule is COc1ccc(-c2c(CN(C)NS(C)(=O)=O)[nH]c3cc(OC)c(OC)cc23)cc1. The molecule has 2 aromatic carbocycles. The van der Waals surface area contributed by atoms with E-state index in [-0.39, 0.29) is 0 Å². The van der Waals surface area contributed by atoms with Crippen molar-refractivity contribution in [1.29, 1.82) is 0 Å². The van der Waals surface area contributed by atoms with Crippen LogP contribution in [-0.2, 0) is 16.6 Å². The molecule has 1 aromatic heterocycles. The summed E-state index contributed by atoms with van der Waals surface area (Å²) in [6, 6.07) is 11.5. The van der Waals surface area contributed by atoms with Gasteiger partial charge in [-0.15, -0.1) is 4.83 Å². The fraction of sp³-hybridized carbons (Fsp3) is 0.300. The number of nitrogens with zero attached hydrogens (tertiary/aromatic N) is 1. The van der Waals surface area contributed by atoms with Crippen molar-refractivity contribution >= 4 is 20.9 Å². The van der Waals surface area contributed by atoms with Crippen molar-refractivity contribution in [2.75, 3.05) is 34.6 Å². The second-order valence-corrected chi connectivity index (χ2v) is 8.41. The minimum absolute atomic E-state index is 0.327. The molecule has 0 atom stereocenters. The predicted molar refractivity (Wildman–Crippen MR) is 113 cm³/mol. The van der Waals surface area contributed by atoms with E-state index < -0.39 is 10.0 Å². The van der Waals surface area contributed by atoms with Gasteiger partial charge in [-0.25, -0.2) is 13.4 Å². The zero-order valence-corrected chi connectivity index (χ0v) is 17.9. The minimum Gasteiger partial charge on any atom is -0.497 e. The van der Waals surface area contributed by atoms with E-state index >= 15 is 0 Å². The summed E-state index contributed by atoms with van der Waals surface area (Å²) in [7, 11) is 3.09. The first-order chi connectivity index (χ1) is 13.8. The first-order valence-electron chi connectivity index (χ1n) is 8.85. The van der Waals surface area contributed by atoms with E-state index in [4.69, 9.17) is 14.2 Å². The molecular formula is C20H25N3O5S. The molecule has 156 valence electrons. The molecule has 0 fully saturated rings. The second-order valence-electron chi connectivity index (χ2n) is 6.68. The summed E-state index contributed by atoms with van der Waals surface area (Å²) in [5, 5.41) is 2.46. The summed E-state index contributed by atoms with van der Waals surface area (Å²) in [6.07, 6.45) is 1.12. The fourth-order valence-corrected chi connectivity index (χ4v) is 3.97. The van der Waals surface area contributed by atoms with Crippen molar-refractivity contribution in [3.8, 4) is 28.4 Å². The molecule has 3 aromatic rings. The number of aromatic amines is 1. The van der Waals surface area contributed by atoms with Crippen molar-refractivity contribution in [2.45, 2.75) is 6.54 Å². The van der Waals surface area contributed by atoms with Gasteiger partial charge in [-0.1, -0.05) is 12.1 Å². The monoisotopic (exact) mass is 419 g/mol. The molecule has 0 unspecified atom stereocenters. The van der Waals surface area contributed by atoms with Crippen LogP contribution in [0.2, 0.25) is 0 Å². The summed E-state index contributed by atoms with van der Waals surface area (Å²) >= 11 is 0. The van der Waals surface area contributed by atoms with E-state index in [2.05, 4.69) is 9.82 Å². The predicted octanol–water partition coefficient (Wildman–Crippen LogP) is 2.76. The van der Waals surface area contributed by atoms with Crippen LogP contribution in [0.15, 0.2) is 36.4 Å². The average Bonchev–Trinajstić information content (AvgIpc) is 3.01. The van der Waals surface area contributed by atoms with Crippen molar-refractivity contribution < 1.29 is 22.6 Å². The number of hydrogen-bond acceptors (Lipinski definition) is 6. The van der Waals surface area contributed by atoms with E-state index in [1.165, 1.54) is 5.01 Å². The van der Waals surface area contributed by atoms with Crippen LogP contribution >= 0.6 is 0 Å². The maximum atomic E-state index is 11.6. The normalized spacial score (nSPS) is 11.8. The van der Waals surface area contributed by atoms with Crippen molar-refractivity contribution in [1.82, 2.24) is 14.8 Å². The number of fused-ring (bicyclic) bond motifs is 1. The van der Waals surface area contributed by atoms with Gasteiger partial charge in [0.05, 0.1) is 39.6 Å². The maximum absolute atomic E-state index is 11.6. The molecule has 2 N–H and O–H groups in total. The van der Waals surface area contributed by atoms with Crippen LogP contribution in [0.5, 0.6) is 17.2 Å². The van der Waals surface area contributed by atoms with Crippen LogP contribution < -0.4 is 19.0 Å². The Morgan fingerprint density at radius 2 is 1.62 bits per heavy atom.